The summed E-state index contributed by atoms with van der Waals surface area (Å²) in [6, 6.07) is 8.24. The Labute approximate surface area is 121 Å². The van der Waals surface area contributed by atoms with Crippen molar-refractivity contribution < 1.29 is 4.79 Å². The van der Waals surface area contributed by atoms with Crippen LogP contribution in [0.5, 0.6) is 0 Å². The Morgan fingerprint density at radius 2 is 2.11 bits per heavy atom. The van der Waals surface area contributed by atoms with Gasteiger partial charge >= 0.3 is 0 Å². The van der Waals surface area contributed by atoms with E-state index in [1.165, 1.54) is 22.9 Å². The van der Waals surface area contributed by atoms with Crippen LogP contribution < -0.4 is 0 Å². The lowest BCUT2D eigenvalue weighted by atomic mass is 10.2. The number of hydrogen-bond donors (Lipinski definition) is 0. The van der Waals surface area contributed by atoms with Crippen molar-refractivity contribution in [3.63, 3.8) is 0 Å². The molecule has 0 bridgehead atoms. The molecule has 1 aromatic carbocycles. The maximum absolute atomic E-state index is 11.0. The molecule has 19 heavy (non-hydrogen) atoms. The number of hydrogen-bond acceptors (Lipinski definition) is 4. The lowest BCUT2D eigenvalue weighted by molar-refractivity contribution is 0.112. The number of aromatic nitrogens is 2. The molecule has 1 heterocycles. The SMILES string of the molecule is Cc1cccc(CSc2nc(C)nc(Cl)c2C=O)c1. The Hall–Kier alpha value is -1.39. The van der Waals surface area contributed by atoms with Crippen molar-refractivity contribution >= 4 is 29.6 Å². The van der Waals surface area contributed by atoms with Crippen LogP contribution in [0.2, 0.25) is 5.15 Å². The third-order valence-electron chi connectivity index (χ3n) is 2.55. The molecule has 0 atom stereocenters. The van der Waals surface area contributed by atoms with Crippen molar-refractivity contribution in [2.24, 2.45) is 0 Å². The van der Waals surface area contributed by atoms with Gasteiger partial charge in [0, 0.05) is 5.75 Å². The largest absolute Gasteiger partial charge is 0.298 e. The zero-order valence-corrected chi connectivity index (χ0v) is 12.3. The topological polar surface area (TPSA) is 42.9 Å². The van der Waals surface area contributed by atoms with Crippen LogP contribution in [-0.4, -0.2) is 16.3 Å². The van der Waals surface area contributed by atoms with E-state index >= 15 is 0 Å². The molecule has 2 rings (SSSR count). The summed E-state index contributed by atoms with van der Waals surface area (Å²) in [5, 5.41) is 0.850. The highest BCUT2D eigenvalue weighted by Gasteiger charge is 2.11. The predicted molar refractivity (Wildman–Crippen MR) is 77.9 cm³/mol. The Bertz CT molecular complexity index is 616. The smallest absolute Gasteiger partial charge is 0.155 e. The van der Waals surface area contributed by atoms with Gasteiger partial charge in [-0.1, -0.05) is 41.4 Å². The standard InChI is InChI=1S/C14H13ClN2OS/c1-9-4-3-5-11(6-9)8-19-14-12(7-18)13(15)16-10(2)17-14/h3-7H,8H2,1-2H3. The van der Waals surface area contributed by atoms with Crippen molar-refractivity contribution in [3.05, 3.63) is 51.9 Å². The van der Waals surface area contributed by atoms with E-state index in [4.69, 9.17) is 11.6 Å². The molecule has 1 aromatic heterocycles. The van der Waals surface area contributed by atoms with E-state index < -0.39 is 0 Å². The van der Waals surface area contributed by atoms with Gasteiger partial charge in [-0.3, -0.25) is 4.79 Å². The van der Waals surface area contributed by atoms with Gasteiger partial charge in [-0.25, -0.2) is 9.97 Å². The monoisotopic (exact) mass is 292 g/mol. The Morgan fingerprint density at radius 3 is 2.79 bits per heavy atom. The van der Waals surface area contributed by atoms with Crippen molar-refractivity contribution in [2.45, 2.75) is 24.6 Å². The van der Waals surface area contributed by atoms with E-state index in [1.807, 2.05) is 6.07 Å². The second kappa shape index (κ2) is 6.17. The van der Waals surface area contributed by atoms with Crippen LogP contribution >= 0.6 is 23.4 Å². The minimum Gasteiger partial charge on any atom is -0.298 e. The Morgan fingerprint density at radius 1 is 1.32 bits per heavy atom. The molecule has 5 heteroatoms. The minimum atomic E-state index is 0.217. The lowest BCUT2D eigenvalue weighted by Gasteiger charge is -2.06. The maximum Gasteiger partial charge on any atom is 0.155 e. The molecule has 0 N–H and O–H groups in total. The molecular weight excluding hydrogens is 280 g/mol. The molecule has 2 aromatic rings. The summed E-state index contributed by atoms with van der Waals surface area (Å²) in [6.07, 6.45) is 0.709. The lowest BCUT2D eigenvalue weighted by Crippen LogP contribution is -1.98. The normalized spacial score (nSPS) is 10.5. The molecule has 0 saturated carbocycles. The summed E-state index contributed by atoms with van der Waals surface area (Å²) in [4.78, 5) is 19.3. The van der Waals surface area contributed by atoms with Crippen molar-refractivity contribution in [1.82, 2.24) is 9.97 Å². The summed E-state index contributed by atoms with van der Waals surface area (Å²) in [5.41, 5.74) is 2.77. The summed E-state index contributed by atoms with van der Waals surface area (Å²) >= 11 is 7.44. The van der Waals surface area contributed by atoms with Gasteiger partial charge in [0.1, 0.15) is 16.0 Å². The first-order chi connectivity index (χ1) is 9.10. The van der Waals surface area contributed by atoms with Crippen LogP contribution in [0.25, 0.3) is 0 Å². The summed E-state index contributed by atoms with van der Waals surface area (Å²) in [7, 11) is 0. The van der Waals surface area contributed by atoms with Crippen LogP contribution in [0, 0.1) is 13.8 Å². The number of carbonyl (C=O) groups excluding carboxylic acids is 1. The molecule has 0 fully saturated rings. The minimum absolute atomic E-state index is 0.217. The van der Waals surface area contributed by atoms with Crippen LogP contribution in [0.3, 0.4) is 0 Å². The van der Waals surface area contributed by atoms with E-state index in [9.17, 15) is 4.79 Å². The molecule has 98 valence electrons. The molecule has 0 unspecified atom stereocenters. The molecule has 3 nitrogen and oxygen atoms in total. The average molecular weight is 293 g/mol. The van der Waals surface area contributed by atoms with Crippen molar-refractivity contribution in [1.29, 1.82) is 0 Å². The second-order valence-electron chi connectivity index (χ2n) is 4.18. The van der Waals surface area contributed by atoms with Gasteiger partial charge in [-0.05, 0) is 19.4 Å². The number of thioether (sulfide) groups is 1. The number of rotatable bonds is 4. The molecule has 0 amide bonds. The Kier molecular flexibility index (Phi) is 4.56. The fourth-order valence-electron chi connectivity index (χ4n) is 1.69. The van der Waals surface area contributed by atoms with Gasteiger partial charge in [0.25, 0.3) is 0 Å². The third kappa shape index (κ3) is 3.55. The maximum atomic E-state index is 11.0. The van der Waals surface area contributed by atoms with Gasteiger partial charge in [0.15, 0.2) is 6.29 Å². The van der Waals surface area contributed by atoms with Crippen LogP contribution in [0.15, 0.2) is 29.3 Å². The fraction of sp³-hybridized carbons (Fsp3) is 0.214. The summed E-state index contributed by atoms with van der Waals surface area (Å²) in [6.45, 7) is 3.81. The van der Waals surface area contributed by atoms with Gasteiger partial charge in [-0.2, -0.15) is 0 Å². The second-order valence-corrected chi connectivity index (χ2v) is 5.50. The van der Waals surface area contributed by atoms with Crippen molar-refractivity contribution in [3.8, 4) is 0 Å². The van der Waals surface area contributed by atoms with E-state index in [2.05, 4.69) is 35.1 Å². The predicted octanol–water partition coefficient (Wildman–Crippen LogP) is 3.85. The van der Waals surface area contributed by atoms with E-state index in [0.717, 1.165) is 5.75 Å². The van der Waals surface area contributed by atoms with Gasteiger partial charge in [0.2, 0.25) is 0 Å². The van der Waals surface area contributed by atoms with Gasteiger partial charge in [-0.15, -0.1) is 11.8 Å². The molecular formula is C14H13ClN2OS. The van der Waals surface area contributed by atoms with E-state index in [0.29, 0.717) is 22.7 Å². The number of halogens is 1. The van der Waals surface area contributed by atoms with E-state index in [1.54, 1.807) is 6.92 Å². The molecule has 0 aliphatic heterocycles. The fourth-order valence-corrected chi connectivity index (χ4v) is 2.98. The first kappa shape index (κ1) is 14.0. The zero-order chi connectivity index (χ0) is 13.8. The van der Waals surface area contributed by atoms with Crippen LogP contribution in [-0.2, 0) is 5.75 Å². The zero-order valence-electron chi connectivity index (χ0n) is 10.7. The van der Waals surface area contributed by atoms with Gasteiger partial charge < -0.3 is 0 Å². The first-order valence-electron chi connectivity index (χ1n) is 5.78. The summed E-state index contributed by atoms with van der Waals surface area (Å²) in [5.74, 6) is 1.32. The molecule has 0 saturated heterocycles. The third-order valence-corrected chi connectivity index (χ3v) is 3.90. The highest BCUT2D eigenvalue weighted by atomic mass is 35.5. The Balaban J connectivity index is 2.22. The van der Waals surface area contributed by atoms with Gasteiger partial charge in [0.05, 0.1) is 5.56 Å². The summed E-state index contributed by atoms with van der Waals surface area (Å²) < 4.78 is 0. The van der Waals surface area contributed by atoms with Crippen molar-refractivity contribution in [2.75, 3.05) is 0 Å². The molecule has 0 aliphatic carbocycles. The molecule has 0 spiro atoms. The number of aryl methyl sites for hydroxylation is 2. The number of carbonyl (C=O) groups is 1. The highest BCUT2D eigenvalue weighted by Crippen LogP contribution is 2.27. The number of aldehydes is 1. The molecule has 0 aliphatic rings. The van der Waals surface area contributed by atoms with E-state index in [-0.39, 0.29) is 5.15 Å². The highest BCUT2D eigenvalue weighted by molar-refractivity contribution is 7.98. The molecule has 0 radical (unpaired) electrons. The quantitative estimate of drug-likeness (QED) is 0.488. The van der Waals surface area contributed by atoms with Crippen LogP contribution in [0.1, 0.15) is 27.3 Å². The number of benzene rings is 1. The van der Waals surface area contributed by atoms with Crippen LogP contribution in [0.4, 0.5) is 0 Å². The average Bonchev–Trinajstić information content (AvgIpc) is 2.36. The first-order valence-corrected chi connectivity index (χ1v) is 7.14. The number of nitrogens with zero attached hydrogens (tertiary/aromatic N) is 2.